The summed E-state index contributed by atoms with van der Waals surface area (Å²) in [5, 5.41) is 2.84. The topological polar surface area (TPSA) is 73.6 Å². The molecule has 100 valence electrons. The number of rotatable bonds is 7. The van der Waals surface area contributed by atoms with E-state index >= 15 is 0 Å². The van der Waals surface area contributed by atoms with Crippen LogP contribution in [0.2, 0.25) is 0 Å². The van der Waals surface area contributed by atoms with Gasteiger partial charge in [0.25, 0.3) is 0 Å². The van der Waals surface area contributed by atoms with Crippen LogP contribution in [0, 0.1) is 0 Å². The number of carbonyl (C=O) groups is 1. The van der Waals surface area contributed by atoms with E-state index in [-0.39, 0.29) is 18.4 Å². The molecule has 0 radical (unpaired) electrons. The van der Waals surface area contributed by atoms with Crippen LogP contribution in [0.4, 0.5) is 5.69 Å². The van der Waals surface area contributed by atoms with Gasteiger partial charge in [-0.1, -0.05) is 18.2 Å². The van der Waals surface area contributed by atoms with Crippen LogP contribution in [-0.4, -0.2) is 32.8 Å². The number of methoxy groups -OCH3 is 2. The van der Waals surface area contributed by atoms with Crippen molar-refractivity contribution in [2.75, 3.05) is 26.1 Å². The number of hydrogen-bond acceptors (Lipinski definition) is 4. The van der Waals surface area contributed by atoms with Crippen LogP contribution in [0.3, 0.4) is 0 Å². The second kappa shape index (κ2) is 7.81. The van der Waals surface area contributed by atoms with Crippen LogP contribution in [0.25, 0.3) is 0 Å². The molecule has 1 unspecified atom stereocenters. The van der Waals surface area contributed by atoms with Gasteiger partial charge in [0, 0.05) is 32.0 Å². The average Bonchev–Trinajstić information content (AvgIpc) is 2.38. The first-order valence-corrected chi connectivity index (χ1v) is 5.80. The standard InChI is InChI=1S/C13H20N2O3/c1-17-9-10-5-3-4-6-12(10)15-13(16)7-11(8-14)18-2/h3-6,11H,7-9,14H2,1-2H3,(H,15,16). The van der Waals surface area contributed by atoms with Crippen molar-refractivity contribution in [3.8, 4) is 0 Å². The van der Waals surface area contributed by atoms with Crippen LogP contribution in [-0.2, 0) is 20.9 Å². The smallest absolute Gasteiger partial charge is 0.227 e. The molecule has 3 N–H and O–H groups in total. The minimum Gasteiger partial charge on any atom is -0.380 e. The number of nitrogens with one attached hydrogen (secondary N) is 1. The zero-order chi connectivity index (χ0) is 13.4. The van der Waals surface area contributed by atoms with Crippen LogP contribution in [0.1, 0.15) is 12.0 Å². The van der Waals surface area contributed by atoms with E-state index in [1.54, 1.807) is 14.2 Å². The van der Waals surface area contributed by atoms with Gasteiger partial charge in [0.1, 0.15) is 0 Å². The molecule has 0 spiro atoms. The highest BCUT2D eigenvalue weighted by atomic mass is 16.5. The predicted molar refractivity (Wildman–Crippen MR) is 70.3 cm³/mol. The average molecular weight is 252 g/mol. The van der Waals surface area contributed by atoms with Gasteiger partial charge in [-0.15, -0.1) is 0 Å². The lowest BCUT2D eigenvalue weighted by Crippen LogP contribution is -2.28. The molecule has 0 saturated carbocycles. The van der Waals surface area contributed by atoms with Gasteiger partial charge in [-0.25, -0.2) is 0 Å². The molecule has 18 heavy (non-hydrogen) atoms. The van der Waals surface area contributed by atoms with Crippen LogP contribution < -0.4 is 11.1 Å². The number of hydrogen-bond donors (Lipinski definition) is 2. The van der Waals surface area contributed by atoms with E-state index in [1.165, 1.54) is 0 Å². The molecular weight excluding hydrogens is 232 g/mol. The molecule has 1 aromatic carbocycles. The molecule has 0 saturated heterocycles. The first-order chi connectivity index (χ1) is 8.71. The monoisotopic (exact) mass is 252 g/mol. The fraction of sp³-hybridized carbons (Fsp3) is 0.462. The van der Waals surface area contributed by atoms with Gasteiger partial charge in [-0.3, -0.25) is 4.79 Å². The highest BCUT2D eigenvalue weighted by molar-refractivity contribution is 5.91. The maximum Gasteiger partial charge on any atom is 0.227 e. The number of para-hydroxylation sites is 1. The lowest BCUT2D eigenvalue weighted by atomic mass is 10.1. The second-order valence-electron chi connectivity index (χ2n) is 3.94. The van der Waals surface area contributed by atoms with Crippen molar-refractivity contribution in [3.63, 3.8) is 0 Å². The quantitative estimate of drug-likeness (QED) is 0.763. The van der Waals surface area contributed by atoms with E-state index in [0.29, 0.717) is 13.2 Å². The van der Waals surface area contributed by atoms with E-state index in [9.17, 15) is 4.79 Å². The summed E-state index contributed by atoms with van der Waals surface area (Å²) in [5.41, 5.74) is 7.18. The first-order valence-electron chi connectivity index (χ1n) is 5.80. The summed E-state index contributed by atoms with van der Waals surface area (Å²) in [6.07, 6.45) is -0.00602. The SMILES string of the molecule is COCc1ccccc1NC(=O)CC(CN)OC. The van der Waals surface area contributed by atoms with Gasteiger partial charge < -0.3 is 20.5 Å². The molecule has 0 aliphatic rings. The Morgan fingerprint density at radius 1 is 1.39 bits per heavy atom. The Labute approximate surface area is 107 Å². The van der Waals surface area contributed by atoms with Gasteiger partial charge in [-0.05, 0) is 6.07 Å². The molecule has 0 aliphatic carbocycles. The molecule has 1 rings (SSSR count). The number of benzene rings is 1. The predicted octanol–water partition coefficient (Wildman–Crippen LogP) is 1.14. The summed E-state index contributed by atoms with van der Waals surface area (Å²) >= 11 is 0. The lowest BCUT2D eigenvalue weighted by Gasteiger charge is -2.14. The molecular formula is C13H20N2O3. The van der Waals surface area contributed by atoms with Crippen molar-refractivity contribution in [2.45, 2.75) is 19.1 Å². The zero-order valence-corrected chi connectivity index (χ0v) is 10.8. The highest BCUT2D eigenvalue weighted by Gasteiger charge is 2.12. The summed E-state index contributed by atoms with van der Waals surface area (Å²) in [6, 6.07) is 7.53. The number of anilines is 1. The Hall–Kier alpha value is -1.43. The summed E-state index contributed by atoms with van der Waals surface area (Å²) in [6.45, 7) is 0.782. The molecule has 5 nitrogen and oxygen atoms in total. The highest BCUT2D eigenvalue weighted by Crippen LogP contribution is 2.16. The van der Waals surface area contributed by atoms with Crippen molar-refractivity contribution in [3.05, 3.63) is 29.8 Å². The van der Waals surface area contributed by atoms with Crippen LogP contribution >= 0.6 is 0 Å². The summed E-state index contributed by atoms with van der Waals surface area (Å²) in [4.78, 5) is 11.8. The Morgan fingerprint density at radius 3 is 2.72 bits per heavy atom. The Morgan fingerprint density at radius 2 is 2.11 bits per heavy atom. The van der Waals surface area contributed by atoms with E-state index in [2.05, 4.69) is 5.32 Å². The molecule has 1 aromatic rings. The molecule has 0 bridgehead atoms. The molecule has 0 aromatic heterocycles. The van der Waals surface area contributed by atoms with Crippen LogP contribution in [0.15, 0.2) is 24.3 Å². The molecule has 5 heteroatoms. The second-order valence-corrected chi connectivity index (χ2v) is 3.94. The van der Waals surface area contributed by atoms with Gasteiger partial charge >= 0.3 is 0 Å². The van der Waals surface area contributed by atoms with Crippen molar-refractivity contribution < 1.29 is 14.3 Å². The minimum absolute atomic E-state index is 0.115. The van der Waals surface area contributed by atoms with Gasteiger partial charge in [0.2, 0.25) is 5.91 Å². The molecule has 0 heterocycles. The largest absolute Gasteiger partial charge is 0.380 e. The third-order valence-electron chi connectivity index (χ3n) is 2.60. The molecule has 0 fully saturated rings. The number of carbonyl (C=O) groups excluding carboxylic acids is 1. The van der Waals surface area contributed by atoms with Crippen molar-refractivity contribution >= 4 is 11.6 Å². The van der Waals surface area contributed by atoms with Gasteiger partial charge in [0.05, 0.1) is 19.1 Å². The van der Waals surface area contributed by atoms with E-state index < -0.39 is 0 Å². The Bertz CT molecular complexity index is 378. The minimum atomic E-state index is -0.250. The third kappa shape index (κ3) is 4.44. The van der Waals surface area contributed by atoms with E-state index in [0.717, 1.165) is 11.3 Å². The number of nitrogens with two attached hydrogens (primary N) is 1. The fourth-order valence-corrected chi connectivity index (χ4v) is 1.59. The Kier molecular flexibility index (Phi) is 6.35. The van der Waals surface area contributed by atoms with Crippen LogP contribution in [0.5, 0.6) is 0 Å². The molecule has 1 atom stereocenters. The summed E-state index contributed by atoms with van der Waals surface area (Å²) in [5.74, 6) is -0.115. The summed E-state index contributed by atoms with van der Waals surface area (Å²) < 4.78 is 10.2. The third-order valence-corrected chi connectivity index (χ3v) is 2.60. The van der Waals surface area contributed by atoms with E-state index in [4.69, 9.17) is 15.2 Å². The normalized spacial score (nSPS) is 12.2. The van der Waals surface area contributed by atoms with Crippen molar-refractivity contribution in [2.24, 2.45) is 5.73 Å². The maximum atomic E-state index is 11.8. The summed E-state index contributed by atoms with van der Waals surface area (Å²) in [7, 11) is 3.16. The van der Waals surface area contributed by atoms with Crippen molar-refractivity contribution in [1.82, 2.24) is 0 Å². The lowest BCUT2D eigenvalue weighted by molar-refractivity contribution is -0.118. The maximum absolute atomic E-state index is 11.8. The Balaban J connectivity index is 2.63. The number of ether oxygens (including phenoxy) is 2. The molecule has 0 aliphatic heterocycles. The zero-order valence-electron chi connectivity index (χ0n) is 10.8. The van der Waals surface area contributed by atoms with Gasteiger partial charge in [0.15, 0.2) is 0 Å². The molecule has 1 amide bonds. The van der Waals surface area contributed by atoms with Gasteiger partial charge in [-0.2, -0.15) is 0 Å². The first kappa shape index (κ1) is 14.6. The number of amides is 1. The van der Waals surface area contributed by atoms with E-state index in [1.807, 2.05) is 24.3 Å². The van der Waals surface area contributed by atoms with Crippen molar-refractivity contribution in [1.29, 1.82) is 0 Å². The fourth-order valence-electron chi connectivity index (χ4n) is 1.59.